The van der Waals surface area contributed by atoms with Crippen LogP contribution in [0, 0.1) is 15.9 Å². The monoisotopic (exact) mass is 469 g/mol. The molecule has 2 aromatic rings. The van der Waals surface area contributed by atoms with Crippen LogP contribution in [0.1, 0.15) is 12.8 Å². The SMILES string of the molecule is NCCC[C@@H](NS(=O)(=O)c1ccc(-c2cccc(F)c2)nc1)C(=O)N(O)/C(N)=N\[N+](=O)[O-]. The first-order chi connectivity index (χ1) is 15.0. The number of hydrazone groups is 1. The van der Waals surface area contributed by atoms with E-state index in [9.17, 15) is 32.9 Å². The summed E-state index contributed by atoms with van der Waals surface area (Å²) in [4.78, 5) is 26.5. The summed E-state index contributed by atoms with van der Waals surface area (Å²) in [6.45, 7) is 0.0965. The molecule has 0 bridgehead atoms. The van der Waals surface area contributed by atoms with Crippen LogP contribution in [-0.2, 0) is 14.8 Å². The lowest BCUT2D eigenvalue weighted by Crippen LogP contribution is -2.51. The van der Waals surface area contributed by atoms with Gasteiger partial charge in [-0.05, 0) is 43.7 Å². The van der Waals surface area contributed by atoms with E-state index in [1.54, 1.807) is 6.07 Å². The standard InChI is InChI=1S/C17H20FN7O6S/c18-12-4-1-3-11(9-12)14-7-6-13(10-21-14)32(30,31)23-15(5-2-8-19)16(26)24(27)17(20)22-25(28)29/h1,3-4,6-7,9-10,15,23,27H,2,5,8,19H2,(H2,20,22)/t15-/m1/s1. The lowest BCUT2D eigenvalue weighted by molar-refractivity contribution is -0.486. The zero-order valence-electron chi connectivity index (χ0n) is 16.5. The number of halogens is 1. The van der Waals surface area contributed by atoms with Crippen molar-refractivity contribution in [2.24, 2.45) is 16.6 Å². The van der Waals surface area contributed by atoms with Crippen molar-refractivity contribution in [3.05, 3.63) is 58.5 Å². The molecule has 2 rings (SSSR count). The highest BCUT2D eigenvalue weighted by Gasteiger charge is 2.31. The minimum Gasteiger partial charge on any atom is -0.362 e. The average molecular weight is 469 g/mol. The zero-order valence-corrected chi connectivity index (χ0v) is 17.3. The maximum atomic E-state index is 13.4. The maximum Gasteiger partial charge on any atom is 0.300 e. The molecule has 0 saturated heterocycles. The molecule has 0 fully saturated rings. The molecule has 1 aromatic heterocycles. The number of pyridine rings is 1. The first-order valence-corrected chi connectivity index (χ1v) is 10.5. The number of hydroxylamine groups is 2. The molecule has 0 aliphatic carbocycles. The van der Waals surface area contributed by atoms with Gasteiger partial charge in [-0.25, -0.2) is 22.9 Å². The van der Waals surface area contributed by atoms with Gasteiger partial charge in [-0.3, -0.25) is 15.0 Å². The van der Waals surface area contributed by atoms with E-state index < -0.39 is 38.8 Å². The Morgan fingerprint density at radius 2 is 2.09 bits per heavy atom. The van der Waals surface area contributed by atoms with Gasteiger partial charge >= 0.3 is 0 Å². The van der Waals surface area contributed by atoms with E-state index in [1.165, 1.54) is 30.3 Å². The molecule has 15 heteroatoms. The van der Waals surface area contributed by atoms with Crippen LogP contribution in [0.15, 0.2) is 52.6 Å². The number of amides is 1. The molecular formula is C17H20FN7O6S. The summed E-state index contributed by atoms with van der Waals surface area (Å²) in [7, 11) is -4.32. The number of benzene rings is 1. The number of aromatic nitrogens is 1. The van der Waals surface area contributed by atoms with E-state index in [2.05, 4.69) is 14.8 Å². The van der Waals surface area contributed by atoms with Crippen LogP contribution in [0.25, 0.3) is 11.3 Å². The van der Waals surface area contributed by atoms with E-state index in [0.29, 0.717) is 11.3 Å². The second-order valence-corrected chi connectivity index (χ2v) is 8.05. The summed E-state index contributed by atoms with van der Waals surface area (Å²) in [6, 6.07) is 6.52. The van der Waals surface area contributed by atoms with Crippen molar-refractivity contribution in [2.75, 3.05) is 6.54 Å². The third-order valence-electron chi connectivity index (χ3n) is 4.07. The number of nitrogens with zero attached hydrogens (tertiary/aromatic N) is 4. The van der Waals surface area contributed by atoms with Crippen LogP contribution in [0.4, 0.5) is 4.39 Å². The summed E-state index contributed by atoms with van der Waals surface area (Å²) < 4.78 is 40.9. The lowest BCUT2D eigenvalue weighted by atomic mass is 10.1. The molecule has 1 heterocycles. The first-order valence-electron chi connectivity index (χ1n) is 9.01. The molecule has 1 aromatic carbocycles. The van der Waals surface area contributed by atoms with Crippen molar-refractivity contribution in [1.82, 2.24) is 14.8 Å². The second-order valence-electron chi connectivity index (χ2n) is 6.34. The van der Waals surface area contributed by atoms with Crippen molar-refractivity contribution in [2.45, 2.75) is 23.8 Å². The number of nitrogens with one attached hydrogen (secondary N) is 1. The number of guanidine groups is 1. The van der Waals surface area contributed by atoms with Gasteiger partial charge in [-0.15, -0.1) is 5.06 Å². The van der Waals surface area contributed by atoms with Crippen LogP contribution < -0.4 is 16.2 Å². The molecule has 172 valence electrons. The van der Waals surface area contributed by atoms with Crippen molar-refractivity contribution in [1.29, 1.82) is 0 Å². The largest absolute Gasteiger partial charge is 0.362 e. The number of hydrogen-bond acceptors (Lipinski definition) is 8. The van der Waals surface area contributed by atoms with E-state index in [1.807, 2.05) is 0 Å². The van der Waals surface area contributed by atoms with Gasteiger partial charge in [0.05, 0.1) is 5.69 Å². The number of sulfonamides is 1. The van der Waals surface area contributed by atoms with Gasteiger partial charge in [0.25, 0.3) is 11.9 Å². The molecular weight excluding hydrogens is 449 g/mol. The molecule has 0 aliphatic heterocycles. The Balaban J connectivity index is 2.26. The molecule has 32 heavy (non-hydrogen) atoms. The molecule has 6 N–H and O–H groups in total. The second kappa shape index (κ2) is 10.7. The highest BCUT2D eigenvalue weighted by atomic mass is 32.2. The summed E-state index contributed by atoms with van der Waals surface area (Å²) in [5.41, 5.74) is 11.3. The molecule has 13 nitrogen and oxygen atoms in total. The fourth-order valence-electron chi connectivity index (χ4n) is 2.55. The van der Waals surface area contributed by atoms with Gasteiger partial charge in [0.2, 0.25) is 10.0 Å². The molecule has 0 saturated carbocycles. The number of hydrogen-bond donors (Lipinski definition) is 4. The molecule has 0 unspecified atom stereocenters. The van der Waals surface area contributed by atoms with E-state index in [0.717, 1.165) is 6.20 Å². The van der Waals surface area contributed by atoms with E-state index in [-0.39, 0.29) is 29.3 Å². The molecule has 0 radical (unpaired) electrons. The maximum absolute atomic E-state index is 13.4. The Labute approximate surface area is 181 Å². The van der Waals surface area contributed by atoms with Crippen molar-refractivity contribution >= 4 is 21.9 Å². The topological polar surface area (TPSA) is 207 Å². The molecule has 0 spiro atoms. The fraction of sp³-hybridized carbons (Fsp3) is 0.235. The Morgan fingerprint density at radius 1 is 1.38 bits per heavy atom. The van der Waals surface area contributed by atoms with Gasteiger partial charge in [0.1, 0.15) is 21.9 Å². The van der Waals surface area contributed by atoms with Gasteiger partial charge in [-0.1, -0.05) is 12.1 Å². The van der Waals surface area contributed by atoms with Crippen LogP contribution in [-0.4, -0.2) is 53.2 Å². The van der Waals surface area contributed by atoms with Crippen LogP contribution in [0.3, 0.4) is 0 Å². The minimum absolute atomic E-state index is 0.0965. The van der Waals surface area contributed by atoms with Crippen LogP contribution >= 0.6 is 0 Å². The summed E-state index contributed by atoms with van der Waals surface area (Å²) in [5, 5.41) is 21.2. The molecule has 1 amide bonds. The van der Waals surface area contributed by atoms with Gasteiger partial charge < -0.3 is 11.5 Å². The molecule has 0 aliphatic rings. The third-order valence-corrected chi connectivity index (χ3v) is 5.53. The Morgan fingerprint density at radius 3 is 2.66 bits per heavy atom. The smallest absolute Gasteiger partial charge is 0.300 e. The van der Waals surface area contributed by atoms with Gasteiger partial charge in [0.15, 0.2) is 5.03 Å². The highest BCUT2D eigenvalue weighted by molar-refractivity contribution is 7.89. The zero-order chi connectivity index (χ0) is 23.9. The first kappa shape index (κ1) is 24.7. The predicted octanol–water partition coefficient (Wildman–Crippen LogP) is -0.00230. The summed E-state index contributed by atoms with van der Waals surface area (Å²) in [5.74, 6) is -2.94. The lowest BCUT2D eigenvalue weighted by Gasteiger charge is -2.21. The predicted molar refractivity (Wildman–Crippen MR) is 109 cm³/mol. The van der Waals surface area contributed by atoms with Gasteiger partial charge in [0, 0.05) is 11.8 Å². The van der Waals surface area contributed by atoms with Crippen molar-refractivity contribution in [3.8, 4) is 11.3 Å². The van der Waals surface area contributed by atoms with E-state index in [4.69, 9.17) is 11.5 Å². The minimum atomic E-state index is -4.32. The number of carbonyl (C=O) groups excluding carboxylic acids is 1. The Bertz CT molecular complexity index is 1110. The van der Waals surface area contributed by atoms with E-state index >= 15 is 0 Å². The average Bonchev–Trinajstić information content (AvgIpc) is 2.75. The Kier molecular flexibility index (Phi) is 8.25. The van der Waals surface area contributed by atoms with Gasteiger partial charge in [-0.2, -0.15) is 4.72 Å². The number of nitro groups is 1. The van der Waals surface area contributed by atoms with Crippen LogP contribution in [0.5, 0.6) is 0 Å². The number of carbonyl (C=O) groups is 1. The van der Waals surface area contributed by atoms with Crippen LogP contribution in [0.2, 0.25) is 0 Å². The highest BCUT2D eigenvalue weighted by Crippen LogP contribution is 2.20. The Hall–Kier alpha value is -3.53. The molecule has 1 atom stereocenters. The third kappa shape index (κ3) is 6.48. The number of nitrogens with two attached hydrogens (primary N) is 2. The summed E-state index contributed by atoms with van der Waals surface area (Å²) >= 11 is 0. The fourth-order valence-corrected chi connectivity index (χ4v) is 3.72. The quantitative estimate of drug-likeness (QED) is 0.128. The normalized spacial score (nSPS) is 12.9. The number of rotatable bonds is 9. The summed E-state index contributed by atoms with van der Waals surface area (Å²) in [6.07, 6.45) is 1.04. The van der Waals surface area contributed by atoms with Crippen molar-refractivity contribution < 1.29 is 27.8 Å². The van der Waals surface area contributed by atoms with Crippen molar-refractivity contribution in [3.63, 3.8) is 0 Å².